The van der Waals surface area contributed by atoms with Crippen LogP contribution in [0.5, 0.6) is 0 Å². The molecular formula is C27H25F5N2O3S. The second kappa shape index (κ2) is 8.50. The van der Waals surface area contributed by atoms with Gasteiger partial charge >= 0.3 is 6.18 Å². The Morgan fingerprint density at radius 2 is 1.71 bits per heavy atom. The van der Waals surface area contributed by atoms with Crippen molar-refractivity contribution in [2.75, 3.05) is 0 Å². The fourth-order valence-electron chi connectivity index (χ4n) is 6.16. The standard InChI is InChI=1S/C27H25F5N2O3S/c1-24(29,27(30,31)32)17-3-9-21-16(14-17)2-8-22-20(23(35)34-25(15-33)12-13-25)10-11-26(21,22)38(36,37)19-6-4-18(28)5-7-19/h3-7,9,14,20,22H,2,8,10-13H2,1H3,(H,34,35)/t20-,22+,24?,26-/m1/s1. The molecular weight excluding hydrogens is 527 g/mol. The van der Waals surface area contributed by atoms with Crippen molar-refractivity contribution >= 4 is 15.7 Å². The van der Waals surface area contributed by atoms with E-state index in [2.05, 4.69) is 11.4 Å². The van der Waals surface area contributed by atoms with Gasteiger partial charge in [0.1, 0.15) is 16.1 Å². The first-order chi connectivity index (χ1) is 17.7. The van der Waals surface area contributed by atoms with Crippen LogP contribution in [0, 0.1) is 29.0 Å². The summed E-state index contributed by atoms with van der Waals surface area (Å²) < 4.78 is 95.6. The Hall–Kier alpha value is -3.00. The number of alkyl halides is 4. The van der Waals surface area contributed by atoms with Crippen LogP contribution in [0.3, 0.4) is 0 Å². The molecule has 11 heteroatoms. The van der Waals surface area contributed by atoms with E-state index in [1.165, 1.54) is 6.07 Å². The van der Waals surface area contributed by atoms with Crippen LogP contribution in [0.4, 0.5) is 22.0 Å². The lowest BCUT2D eigenvalue weighted by molar-refractivity contribution is -0.228. The lowest BCUT2D eigenvalue weighted by Gasteiger charge is -2.42. The lowest BCUT2D eigenvalue weighted by atomic mass is 9.72. The van der Waals surface area contributed by atoms with Crippen LogP contribution in [-0.2, 0) is 31.5 Å². The monoisotopic (exact) mass is 552 g/mol. The summed E-state index contributed by atoms with van der Waals surface area (Å²) in [5.74, 6) is -2.58. The molecule has 0 spiro atoms. The van der Waals surface area contributed by atoms with Crippen molar-refractivity contribution in [1.29, 1.82) is 5.26 Å². The van der Waals surface area contributed by atoms with Gasteiger partial charge in [0, 0.05) is 5.92 Å². The van der Waals surface area contributed by atoms with E-state index < -0.39 is 61.1 Å². The summed E-state index contributed by atoms with van der Waals surface area (Å²) in [7, 11) is -4.30. The van der Waals surface area contributed by atoms with Crippen molar-refractivity contribution in [3.63, 3.8) is 0 Å². The molecule has 0 bridgehead atoms. The first-order valence-electron chi connectivity index (χ1n) is 12.3. The zero-order valence-corrected chi connectivity index (χ0v) is 21.2. The average Bonchev–Trinajstić information content (AvgIpc) is 3.51. The number of nitriles is 1. The minimum atomic E-state index is -5.17. The van der Waals surface area contributed by atoms with Crippen LogP contribution < -0.4 is 5.32 Å². The number of benzene rings is 2. The molecule has 1 amide bonds. The molecule has 2 aromatic rings. The number of nitrogens with zero attached hydrogens (tertiary/aromatic N) is 1. The van der Waals surface area contributed by atoms with Gasteiger partial charge in [-0.3, -0.25) is 4.79 Å². The highest BCUT2D eigenvalue weighted by Gasteiger charge is 2.62. The number of carbonyl (C=O) groups is 1. The topological polar surface area (TPSA) is 87.0 Å². The van der Waals surface area contributed by atoms with E-state index >= 15 is 0 Å². The van der Waals surface area contributed by atoms with Gasteiger partial charge in [0.2, 0.25) is 11.6 Å². The minimum absolute atomic E-state index is 0.00642. The predicted octanol–water partition coefficient (Wildman–Crippen LogP) is 5.39. The summed E-state index contributed by atoms with van der Waals surface area (Å²) in [4.78, 5) is 13.1. The third kappa shape index (κ3) is 3.82. The molecule has 0 aliphatic heterocycles. The first-order valence-corrected chi connectivity index (χ1v) is 13.8. The minimum Gasteiger partial charge on any atom is -0.338 e. The normalized spacial score (nSPS) is 27.4. The fourth-order valence-corrected chi connectivity index (χ4v) is 8.64. The molecule has 4 atom stereocenters. The van der Waals surface area contributed by atoms with E-state index in [-0.39, 0.29) is 41.7 Å². The highest BCUT2D eigenvalue weighted by Crippen LogP contribution is 2.60. The second-order valence-corrected chi connectivity index (χ2v) is 12.9. The van der Waals surface area contributed by atoms with Gasteiger partial charge in [-0.15, -0.1) is 0 Å². The Balaban J connectivity index is 1.64. The molecule has 0 aromatic heterocycles. The zero-order chi connectivity index (χ0) is 27.7. The summed E-state index contributed by atoms with van der Waals surface area (Å²) in [5, 5.41) is 12.2. The summed E-state index contributed by atoms with van der Waals surface area (Å²) in [6.07, 6.45) is -3.71. The number of hydrogen-bond donors (Lipinski definition) is 1. The highest BCUT2D eigenvalue weighted by atomic mass is 32.2. The zero-order valence-electron chi connectivity index (χ0n) is 20.4. The van der Waals surface area contributed by atoms with Gasteiger partial charge in [-0.2, -0.15) is 18.4 Å². The Bertz CT molecular complexity index is 1440. The molecule has 38 heavy (non-hydrogen) atoms. The van der Waals surface area contributed by atoms with Crippen LogP contribution >= 0.6 is 0 Å². The quantitative estimate of drug-likeness (QED) is 0.398. The molecule has 5 nitrogen and oxygen atoms in total. The third-order valence-corrected chi connectivity index (χ3v) is 11.1. The number of halogens is 5. The summed E-state index contributed by atoms with van der Waals surface area (Å²) in [5.41, 5.74) is -4.72. The van der Waals surface area contributed by atoms with Crippen molar-refractivity contribution in [3.8, 4) is 6.07 Å². The number of hydrogen-bond acceptors (Lipinski definition) is 4. The van der Waals surface area contributed by atoms with Crippen LogP contribution in [0.25, 0.3) is 0 Å². The molecule has 0 saturated heterocycles. The summed E-state index contributed by atoms with van der Waals surface area (Å²) >= 11 is 0. The van der Waals surface area contributed by atoms with Crippen molar-refractivity contribution in [1.82, 2.24) is 5.32 Å². The number of rotatable bonds is 5. The molecule has 0 radical (unpaired) electrons. The summed E-state index contributed by atoms with van der Waals surface area (Å²) in [6, 6.07) is 9.62. The van der Waals surface area contributed by atoms with Gasteiger partial charge in [0.25, 0.3) is 0 Å². The Kier molecular flexibility index (Phi) is 5.95. The van der Waals surface area contributed by atoms with Crippen LogP contribution in [0.15, 0.2) is 47.4 Å². The van der Waals surface area contributed by atoms with Gasteiger partial charge in [0.15, 0.2) is 9.84 Å². The molecule has 202 valence electrons. The number of carbonyl (C=O) groups excluding carboxylic acids is 1. The van der Waals surface area contributed by atoms with E-state index in [9.17, 15) is 40.4 Å². The Labute approximate surface area is 217 Å². The van der Waals surface area contributed by atoms with Crippen LogP contribution in [0.1, 0.15) is 55.7 Å². The molecule has 2 fully saturated rings. The first kappa shape index (κ1) is 26.6. The molecule has 0 heterocycles. The van der Waals surface area contributed by atoms with E-state index in [1.54, 1.807) is 0 Å². The Morgan fingerprint density at radius 1 is 1.05 bits per heavy atom. The number of amides is 1. The average molecular weight is 553 g/mol. The largest absolute Gasteiger partial charge is 0.426 e. The van der Waals surface area contributed by atoms with E-state index in [4.69, 9.17) is 0 Å². The fraction of sp³-hybridized carbons (Fsp3) is 0.481. The molecule has 3 aliphatic carbocycles. The molecule has 1 N–H and O–H groups in total. The van der Waals surface area contributed by atoms with Crippen molar-refractivity contribution in [2.24, 2.45) is 11.8 Å². The predicted molar refractivity (Wildman–Crippen MR) is 126 cm³/mol. The molecule has 2 saturated carbocycles. The van der Waals surface area contributed by atoms with Crippen molar-refractivity contribution in [2.45, 2.75) is 72.5 Å². The molecule has 2 aromatic carbocycles. The van der Waals surface area contributed by atoms with E-state index in [0.29, 0.717) is 19.8 Å². The van der Waals surface area contributed by atoms with Gasteiger partial charge in [-0.1, -0.05) is 18.2 Å². The maximum absolute atomic E-state index is 14.8. The van der Waals surface area contributed by atoms with Gasteiger partial charge < -0.3 is 5.32 Å². The lowest BCUT2D eigenvalue weighted by Crippen LogP contribution is -2.48. The second-order valence-electron chi connectivity index (χ2n) is 10.7. The van der Waals surface area contributed by atoms with Gasteiger partial charge in [-0.25, -0.2) is 17.2 Å². The van der Waals surface area contributed by atoms with E-state index in [1.807, 2.05) is 0 Å². The maximum Gasteiger partial charge on any atom is 0.426 e. The van der Waals surface area contributed by atoms with Crippen LogP contribution in [-0.4, -0.2) is 26.0 Å². The smallest absolute Gasteiger partial charge is 0.338 e. The highest BCUT2D eigenvalue weighted by molar-refractivity contribution is 7.92. The van der Waals surface area contributed by atoms with Gasteiger partial charge in [0.05, 0.1) is 11.0 Å². The number of nitrogens with one attached hydrogen (secondary N) is 1. The number of aryl methyl sites for hydroxylation is 1. The van der Waals surface area contributed by atoms with E-state index in [0.717, 1.165) is 36.4 Å². The van der Waals surface area contributed by atoms with Crippen molar-refractivity contribution < 1.29 is 35.2 Å². The molecule has 5 rings (SSSR count). The van der Waals surface area contributed by atoms with Crippen LogP contribution in [0.2, 0.25) is 0 Å². The Morgan fingerprint density at radius 3 is 2.29 bits per heavy atom. The SMILES string of the molecule is CC(F)(c1ccc2c(c1)CC[C@H]1[C@H](C(=O)NC3(C#N)CC3)CC[C@@]21S(=O)(=O)c1ccc(F)cc1)C(F)(F)F. The number of fused-ring (bicyclic) bond motifs is 3. The maximum atomic E-state index is 14.8. The molecule has 1 unspecified atom stereocenters. The third-order valence-electron chi connectivity index (χ3n) is 8.54. The molecule has 3 aliphatic rings. The summed E-state index contributed by atoms with van der Waals surface area (Å²) in [6.45, 7) is 0.421. The van der Waals surface area contributed by atoms with Crippen molar-refractivity contribution in [3.05, 3.63) is 65.0 Å². The van der Waals surface area contributed by atoms with Gasteiger partial charge in [-0.05, 0) is 92.3 Å². The number of sulfone groups is 1.